The number of hydrogen-bond donors (Lipinski definition) is 3. The number of nitrogens with one attached hydrogen (secondary N) is 3. The van der Waals surface area contributed by atoms with Gasteiger partial charge >= 0.3 is 0 Å². The second-order valence-electron chi connectivity index (χ2n) is 8.00. The first kappa shape index (κ1) is 17.7. The molecule has 2 fully saturated rings. The van der Waals surface area contributed by atoms with Gasteiger partial charge < -0.3 is 20.5 Å². The van der Waals surface area contributed by atoms with Gasteiger partial charge in [0, 0.05) is 30.1 Å². The van der Waals surface area contributed by atoms with Gasteiger partial charge in [-0.25, -0.2) is 4.98 Å². The zero-order chi connectivity index (χ0) is 19.3. The van der Waals surface area contributed by atoms with Crippen molar-refractivity contribution < 1.29 is 4.79 Å². The van der Waals surface area contributed by atoms with Gasteiger partial charge in [-0.15, -0.1) is 0 Å². The maximum absolute atomic E-state index is 12.2. The number of nitrogens with zero attached hydrogens (tertiary/aromatic N) is 2. The van der Waals surface area contributed by atoms with Crippen molar-refractivity contribution in [2.75, 3.05) is 11.9 Å². The molecule has 7 heteroatoms. The molecule has 1 amide bonds. The summed E-state index contributed by atoms with van der Waals surface area (Å²) >= 11 is 5.61. The van der Waals surface area contributed by atoms with E-state index in [0.29, 0.717) is 17.9 Å². The van der Waals surface area contributed by atoms with Crippen LogP contribution < -0.4 is 10.6 Å². The molecule has 146 valence electrons. The third-order valence-electron chi connectivity index (χ3n) is 6.03. The Morgan fingerprint density at radius 3 is 2.96 bits per heavy atom. The maximum Gasteiger partial charge on any atom is 0.228 e. The van der Waals surface area contributed by atoms with Gasteiger partial charge in [0.1, 0.15) is 11.5 Å². The third-order valence-corrected chi connectivity index (χ3v) is 6.39. The highest BCUT2D eigenvalue weighted by Crippen LogP contribution is 2.41. The molecular formula is C21H25N5OS. The standard InChI is InChI=1S/C21H25N5OS/c1-2-22-21(28)26-14-5-6-15(26)10-13(9-14)17-11-18(25-20(27)12-3-4-12)24-19-16(17)7-8-23-19/h7-9,11-12,14-15H,2-6,10H2,1H3,(H,22,28)(H2,23,24,25,27). The summed E-state index contributed by atoms with van der Waals surface area (Å²) in [5, 5.41) is 8.29. The molecule has 3 aliphatic rings. The summed E-state index contributed by atoms with van der Waals surface area (Å²) in [5.74, 6) is 0.889. The average Bonchev–Trinajstić information content (AvgIpc) is 3.37. The van der Waals surface area contributed by atoms with Crippen molar-refractivity contribution in [1.82, 2.24) is 20.2 Å². The van der Waals surface area contributed by atoms with Crippen molar-refractivity contribution >= 4 is 45.7 Å². The minimum atomic E-state index is 0.0872. The quantitative estimate of drug-likeness (QED) is 0.692. The summed E-state index contributed by atoms with van der Waals surface area (Å²) in [6.07, 6.45) is 9.50. The van der Waals surface area contributed by atoms with E-state index in [0.717, 1.165) is 54.8 Å². The lowest BCUT2D eigenvalue weighted by molar-refractivity contribution is -0.117. The summed E-state index contributed by atoms with van der Waals surface area (Å²) < 4.78 is 0. The SMILES string of the molecule is CCNC(=S)N1C2C=C(c3cc(NC(=O)C4CC4)nc4[nH]ccc34)CC1CC2. The lowest BCUT2D eigenvalue weighted by Gasteiger charge is -2.36. The number of amides is 1. The first-order chi connectivity index (χ1) is 13.6. The Balaban J connectivity index is 1.49. The molecule has 3 N–H and O–H groups in total. The Labute approximate surface area is 169 Å². The highest BCUT2D eigenvalue weighted by Gasteiger charge is 2.38. The zero-order valence-electron chi connectivity index (χ0n) is 16.0. The molecule has 2 atom stereocenters. The number of anilines is 1. The first-order valence-electron chi connectivity index (χ1n) is 10.2. The van der Waals surface area contributed by atoms with Gasteiger partial charge in [0.15, 0.2) is 5.11 Å². The van der Waals surface area contributed by atoms with Crippen molar-refractivity contribution in [2.24, 2.45) is 5.92 Å². The third kappa shape index (κ3) is 3.07. The van der Waals surface area contributed by atoms with E-state index in [-0.39, 0.29) is 11.8 Å². The molecule has 6 nitrogen and oxygen atoms in total. The average molecular weight is 396 g/mol. The number of fused-ring (bicyclic) bond motifs is 3. The Hall–Kier alpha value is -2.41. The molecule has 28 heavy (non-hydrogen) atoms. The number of aromatic nitrogens is 2. The number of carbonyl (C=O) groups is 1. The fraction of sp³-hybridized carbons (Fsp3) is 0.476. The van der Waals surface area contributed by atoms with Gasteiger partial charge in [0.25, 0.3) is 0 Å². The molecular weight excluding hydrogens is 370 g/mol. The summed E-state index contributed by atoms with van der Waals surface area (Å²) in [5.41, 5.74) is 3.32. The number of pyridine rings is 1. The summed E-state index contributed by atoms with van der Waals surface area (Å²) in [7, 11) is 0. The van der Waals surface area contributed by atoms with Crippen LogP contribution in [0.2, 0.25) is 0 Å². The van der Waals surface area contributed by atoms with E-state index in [4.69, 9.17) is 12.2 Å². The van der Waals surface area contributed by atoms with Crippen LogP contribution in [0.1, 0.15) is 44.6 Å². The first-order valence-corrected chi connectivity index (χ1v) is 10.6. The van der Waals surface area contributed by atoms with E-state index in [1.54, 1.807) is 0 Å². The second-order valence-corrected chi connectivity index (χ2v) is 8.38. The van der Waals surface area contributed by atoms with Crippen molar-refractivity contribution in [3.05, 3.63) is 30.0 Å². The second kappa shape index (κ2) is 6.88. The molecule has 2 bridgehead atoms. The zero-order valence-corrected chi connectivity index (χ0v) is 16.8. The summed E-state index contributed by atoms with van der Waals surface area (Å²) in [4.78, 5) is 22.4. The van der Waals surface area contributed by atoms with Gasteiger partial charge in [-0.1, -0.05) is 6.08 Å². The summed E-state index contributed by atoms with van der Waals surface area (Å²) in [6.45, 7) is 2.93. The summed E-state index contributed by atoms with van der Waals surface area (Å²) in [6, 6.07) is 4.89. The Morgan fingerprint density at radius 1 is 1.36 bits per heavy atom. The van der Waals surface area contributed by atoms with Gasteiger partial charge in [-0.2, -0.15) is 0 Å². The van der Waals surface area contributed by atoms with Crippen LogP contribution in [0, 0.1) is 5.92 Å². The molecule has 2 aromatic heterocycles. The van der Waals surface area contributed by atoms with E-state index in [1.807, 2.05) is 12.3 Å². The fourth-order valence-corrected chi connectivity index (χ4v) is 4.96. The van der Waals surface area contributed by atoms with Crippen LogP contribution in [0.15, 0.2) is 24.4 Å². The van der Waals surface area contributed by atoms with Crippen LogP contribution in [0.5, 0.6) is 0 Å². The molecule has 2 aliphatic heterocycles. The number of rotatable bonds is 4. The highest BCUT2D eigenvalue weighted by atomic mass is 32.1. The maximum atomic E-state index is 12.2. The van der Waals surface area contributed by atoms with Crippen molar-refractivity contribution in [2.45, 2.75) is 51.1 Å². The van der Waals surface area contributed by atoms with Gasteiger partial charge in [-0.3, -0.25) is 4.79 Å². The van der Waals surface area contributed by atoms with E-state index in [9.17, 15) is 4.79 Å². The highest BCUT2D eigenvalue weighted by molar-refractivity contribution is 7.80. The van der Waals surface area contributed by atoms with Crippen molar-refractivity contribution in [1.29, 1.82) is 0 Å². The number of hydrogen-bond acceptors (Lipinski definition) is 3. The molecule has 0 aromatic carbocycles. The van der Waals surface area contributed by atoms with Crippen LogP contribution >= 0.6 is 12.2 Å². The molecule has 2 aromatic rings. The normalized spacial score (nSPS) is 23.6. The molecule has 1 saturated heterocycles. The number of aromatic amines is 1. The van der Waals surface area contributed by atoms with Crippen molar-refractivity contribution in [3.63, 3.8) is 0 Å². The minimum absolute atomic E-state index is 0.0872. The largest absolute Gasteiger partial charge is 0.363 e. The van der Waals surface area contributed by atoms with E-state index in [1.165, 1.54) is 11.1 Å². The minimum Gasteiger partial charge on any atom is -0.363 e. The van der Waals surface area contributed by atoms with Gasteiger partial charge in [0.2, 0.25) is 5.91 Å². The fourth-order valence-electron chi connectivity index (χ4n) is 4.53. The topological polar surface area (TPSA) is 73.0 Å². The van der Waals surface area contributed by atoms with Crippen LogP contribution in [0.4, 0.5) is 5.82 Å². The predicted molar refractivity (Wildman–Crippen MR) is 115 cm³/mol. The van der Waals surface area contributed by atoms with E-state index >= 15 is 0 Å². The lowest BCUT2D eigenvalue weighted by Crippen LogP contribution is -2.48. The molecule has 0 spiro atoms. The Bertz CT molecular complexity index is 976. The molecule has 0 radical (unpaired) electrons. The molecule has 1 aliphatic carbocycles. The Morgan fingerprint density at radius 2 is 2.21 bits per heavy atom. The van der Waals surface area contributed by atoms with Gasteiger partial charge in [0.05, 0.1) is 6.04 Å². The van der Waals surface area contributed by atoms with Gasteiger partial charge in [-0.05, 0) is 74.5 Å². The lowest BCUT2D eigenvalue weighted by atomic mass is 9.93. The number of carbonyl (C=O) groups excluding carboxylic acids is 1. The Kier molecular flexibility index (Phi) is 4.34. The predicted octanol–water partition coefficient (Wildman–Crippen LogP) is 3.43. The van der Waals surface area contributed by atoms with Crippen LogP contribution in [-0.2, 0) is 4.79 Å². The van der Waals surface area contributed by atoms with Crippen LogP contribution in [0.3, 0.4) is 0 Å². The molecule has 5 rings (SSSR count). The molecule has 1 saturated carbocycles. The van der Waals surface area contributed by atoms with E-state index < -0.39 is 0 Å². The number of H-pyrrole nitrogens is 1. The molecule has 4 heterocycles. The van der Waals surface area contributed by atoms with Crippen molar-refractivity contribution in [3.8, 4) is 0 Å². The van der Waals surface area contributed by atoms with Crippen LogP contribution in [0.25, 0.3) is 16.6 Å². The number of thiocarbonyl (C=S) groups is 1. The molecule has 2 unspecified atom stereocenters. The smallest absolute Gasteiger partial charge is 0.228 e. The van der Waals surface area contributed by atoms with Crippen LogP contribution in [-0.4, -0.2) is 44.5 Å². The van der Waals surface area contributed by atoms with E-state index in [2.05, 4.69) is 44.6 Å². The monoisotopic (exact) mass is 395 g/mol.